The van der Waals surface area contributed by atoms with Gasteiger partial charge < -0.3 is 15.8 Å². The number of nitrogen functional groups attached to an aromatic ring is 1. The molecule has 0 bridgehead atoms. The van der Waals surface area contributed by atoms with Gasteiger partial charge >= 0.3 is 0 Å². The molecule has 7 nitrogen and oxygen atoms in total. The highest BCUT2D eigenvalue weighted by Gasteiger charge is 2.14. The van der Waals surface area contributed by atoms with Gasteiger partial charge in [0.15, 0.2) is 5.69 Å². The van der Waals surface area contributed by atoms with Gasteiger partial charge in [-0.25, -0.2) is 4.68 Å². The van der Waals surface area contributed by atoms with Crippen molar-refractivity contribution in [1.29, 1.82) is 0 Å². The van der Waals surface area contributed by atoms with E-state index < -0.39 is 0 Å². The van der Waals surface area contributed by atoms with E-state index in [1.165, 1.54) is 4.68 Å². The van der Waals surface area contributed by atoms with Gasteiger partial charge in [0.1, 0.15) is 5.75 Å². The number of methoxy groups -OCH3 is 1. The number of aromatic nitrogens is 3. The van der Waals surface area contributed by atoms with Crippen molar-refractivity contribution in [3.05, 3.63) is 71.2 Å². The highest BCUT2D eigenvalue weighted by Crippen LogP contribution is 2.29. The summed E-state index contributed by atoms with van der Waals surface area (Å²) in [7, 11) is 1.60. The molecule has 0 atom stereocenters. The molecule has 0 fully saturated rings. The molecule has 0 radical (unpaired) electrons. The van der Waals surface area contributed by atoms with Crippen LogP contribution in [-0.2, 0) is 0 Å². The van der Waals surface area contributed by atoms with Crippen LogP contribution in [0.3, 0.4) is 0 Å². The van der Waals surface area contributed by atoms with Crippen molar-refractivity contribution in [2.24, 2.45) is 0 Å². The van der Waals surface area contributed by atoms with Crippen LogP contribution in [0.2, 0.25) is 0 Å². The van der Waals surface area contributed by atoms with E-state index in [2.05, 4.69) is 15.6 Å². The Labute approximate surface area is 165 Å². The topological polar surface area (TPSA) is 95.1 Å². The van der Waals surface area contributed by atoms with Gasteiger partial charge in [-0.15, -0.1) is 5.10 Å². The number of thiophene rings is 1. The third-order valence-corrected chi connectivity index (χ3v) is 4.90. The van der Waals surface area contributed by atoms with E-state index in [1.807, 2.05) is 53.2 Å². The number of nitrogens with one attached hydrogen (secondary N) is 1. The SMILES string of the molecule is COc1ccc(-n2cc(C(=O)Nc3cc(-c4ccsc4)ccc3N)nn2)cc1. The molecule has 0 saturated carbocycles. The number of hydrogen-bond acceptors (Lipinski definition) is 6. The van der Waals surface area contributed by atoms with E-state index >= 15 is 0 Å². The molecule has 4 aromatic rings. The Morgan fingerprint density at radius 1 is 1.14 bits per heavy atom. The number of nitrogens with two attached hydrogens (primary N) is 1. The molecule has 0 spiro atoms. The molecule has 0 aliphatic carbocycles. The number of carbonyl (C=O) groups is 1. The number of anilines is 2. The Bertz CT molecular complexity index is 1100. The molecule has 0 aliphatic rings. The van der Waals surface area contributed by atoms with Crippen molar-refractivity contribution in [2.45, 2.75) is 0 Å². The average molecular weight is 391 g/mol. The number of ether oxygens (including phenoxy) is 1. The first kappa shape index (κ1) is 17.7. The molecule has 28 heavy (non-hydrogen) atoms. The summed E-state index contributed by atoms with van der Waals surface area (Å²) >= 11 is 1.61. The van der Waals surface area contributed by atoms with Crippen molar-refractivity contribution in [3.8, 4) is 22.6 Å². The molecular weight excluding hydrogens is 374 g/mol. The number of hydrogen-bond donors (Lipinski definition) is 2. The predicted octanol–water partition coefficient (Wildman–Crippen LogP) is 3.84. The lowest BCUT2D eigenvalue weighted by atomic mass is 10.1. The zero-order chi connectivity index (χ0) is 19.5. The summed E-state index contributed by atoms with van der Waals surface area (Å²) in [5, 5.41) is 14.8. The standard InChI is InChI=1S/C20H17N5O2S/c1-27-16-5-3-15(4-6-16)25-11-19(23-24-25)20(26)22-18-10-13(2-7-17(18)21)14-8-9-28-12-14/h2-12H,21H2,1H3,(H,22,26). The maximum absolute atomic E-state index is 12.6. The van der Waals surface area contributed by atoms with E-state index in [9.17, 15) is 4.79 Å². The van der Waals surface area contributed by atoms with Crippen molar-refractivity contribution < 1.29 is 9.53 Å². The molecule has 0 unspecified atom stereocenters. The van der Waals surface area contributed by atoms with Gasteiger partial charge in [0.05, 0.1) is 30.4 Å². The Kier molecular flexibility index (Phi) is 4.77. The van der Waals surface area contributed by atoms with E-state index in [0.29, 0.717) is 11.4 Å². The molecular formula is C20H17N5O2S. The third-order valence-electron chi connectivity index (χ3n) is 4.22. The first-order valence-electron chi connectivity index (χ1n) is 8.44. The summed E-state index contributed by atoms with van der Waals surface area (Å²) in [6.45, 7) is 0. The molecule has 2 heterocycles. The number of carbonyl (C=O) groups excluding carboxylic acids is 1. The smallest absolute Gasteiger partial charge is 0.277 e. The minimum atomic E-state index is -0.381. The molecule has 4 rings (SSSR count). The van der Waals surface area contributed by atoms with Crippen LogP contribution >= 0.6 is 11.3 Å². The summed E-state index contributed by atoms with van der Waals surface area (Å²) in [6.07, 6.45) is 1.57. The first-order valence-corrected chi connectivity index (χ1v) is 9.38. The van der Waals surface area contributed by atoms with Crippen LogP contribution in [0.4, 0.5) is 11.4 Å². The molecule has 1 amide bonds. The van der Waals surface area contributed by atoms with E-state index in [-0.39, 0.29) is 11.6 Å². The van der Waals surface area contributed by atoms with E-state index in [0.717, 1.165) is 22.6 Å². The van der Waals surface area contributed by atoms with Gasteiger partial charge in [-0.05, 0) is 64.4 Å². The Balaban J connectivity index is 1.54. The minimum absolute atomic E-state index is 0.191. The lowest BCUT2D eigenvalue weighted by Gasteiger charge is -2.09. The molecule has 3 N–H and O–H groups in total. The highest BCUT2D eigenvalue weighted by atomic mass is 32.1. The fourth-order valence-corrected chi connectivity index (χ4v) is 3.35. The summed E-state index contributed by atoms with van der Waals surface area (Å²) in [6, 6.07) is 14.9. The number of nitrogens with zero attached hydrogens (tertiary/aromatic N) is 3. The van der Waals surface area contributed by atoms with Gasteiger partial charge in [-0.3, -0.25) is 4.79 Å². The van der Waals surface area contributed by atoms with Crippen LogP contribution in [0, 0.1) is 0 Å². The second-order valence-corrected chi connectivity index (χ2v) is 6.79. The lowest BCUT2D eigenvalue weighted by molar-refractivity contribution is 0.102. The molecule has 2 aromatic heterocycles. The van der Waals surface area contributed by atoms with Gasteiger partial charge in [0, 0.05) is 0 Å². The summed E-state index contributed by atoms with van der Waals surface area (Å²) in [5.74, 6) is 0.358. The Hall–Kier alpha value is -3.65. The summed E-state index contributed by atoms with van der Waals surface area (Å²) in [5.41, 5.74) is 10.1. The average Bonchev–Trinajstić information content (AvgIpc) is 3.42. The van der Waals surface area contributed by atoms with Gasteiger partial charge in [0.25, 0.3) is 5.91 Å². The molecule has 2 aromatic carbocycles. The summed E-state index contributed by atoms with van der Waals surface area (Å²) in [4.78, 5) is 12.6. The van der Waals surface area contributed by atoms with E-state index in [1.54, 1.807) is 30.7 Å². The third kappa shape index (κ3) is 3.58. The summed E-state index contributed by atoms with van der Waals surface area (Å²) < 4.78 is 6.67. The first-order chi connectivity index (χ1) is 13.6. The maximum Gasteiger partial charge on any atom is 0.277 e. The Morgan fingerprint density at radius 2 is 1.96 bits per heavy atom. The minimum Gasteiger partial charge on any atom is -0.497 e. The molecule has 140 valence electrons. The number of benzene rings is 2. The van der Waals surface area contributed by atoms with Gasteiger partial charge in [0.2, 0.25) is 0 Å². The largest absolute Gasteiger partial charge is 0.497 e. The second kappa shape index (κ2) is 7.53. The lowest BCUT2D eigenvalue weighted by Crippen LogP contribution is -2.13. The molecule has 0 saturated heterocycles. The van der Waals surface area contributed by atoms with Crippen molar-refractivity contribution in [1.82, 2.24) is 15.0 Å². The van der Waals surface area contributed by atoms with Crippen LogP contribution in [0.15, 0.2) is 65.5 Å². The van der Waals surface area contributed by atoms with Crippen molar-refractivity contribution in [3.63, 3.8) is 0 Å². The zero-order valence-electron chi connectivity index (χ0n) is 15.0. The highest BCUT2D eigenvalue weighted by molar-refractivity contribution is 7.08. The zero-order valence-corrected chi connectivity index (χ0v) is 15.8. The normalized spacial score (nSPS) is 10.6. The van der Waals surface area contributed by atoms with Crippen molar-refractivity contribution in [2.75, 3.05) is 18.2 Å². The van der Waals surface area contributed by atoms with E-state index in [4.69, 9.17) is 10.5 Å². The van der Waals surface area contributed by atoms with Crippen LogP contribution in [0.1, 0.15) is 10.5 Å². The Morgan fingerprint density at radius 3 is 2.68 bits per heavy atom. The predicted molar refractivity (Wildman–Crippen MR) is 110 cm³/mol. The second-order valence-electron chi connectivity index (χ2n) is 6.01. The fraction of sp³-hybridized carbons (Fsp3) is 0.0500. The van der Waals surface area contributed by atoms with Crippen LogP contribution < -0.4 is 15.8 Å². The number of amides is 1. The molecule has 8 heteroatoms. The van der Waals surface area contributed by atoms with Gasteiger partial charge in [-0.1, -0.05) is 11.3 Å². The van der Waals surface area contributed by atoms with Crippen LogP contribution in [0.25, 0.3) is 16.8 Å². The van der Waals surface area contributed by atoms with Crippen LogP contribution in [-0.4, -0.2) is 28.0 Å². The maximum atomic E-state index is 12.6. The van der Waals surface area contributed by atoms with Crippen LogP contribution in [0.5, 0.6) is 5.75 Å². The van der Waals surface area contributed by atoms with Crippen molar-refractivity contribution >= 4 is 28.6 Å². The fourth-order valence-electron chi connectivity index (χ4n) is 2.69. The monoisotopic (exact) mass is 391 g/mol. The van der Waals surface area contributed by atoms with Gasteiger partial charge in [-0.2, -0.15) is 11.3 Å². The quantitative estimate of drug-likeness (QED) is 0.504. The molecule has 0 aliphatic heterocycles. The number of rotatable bonds is 5.